The molecule has 5 nitrogen and oxygen atoms in total. The molecule has 0 aliphatic carbocycles. The summed E-state index contributed by atoms with van der Waals surface area (Å²) in [5.74, 6) is -12.5. The Morgan fingerprint density at radius 2 is 1.12 bits per heavy atom. The van der Waals surface area contributed by atoms with Crippen molar-refractivity contribution in [1.29, 1.82) is 0 Å². The minimum atomic E-state index is -2.37. The van der Waals surface area contributed by atoms with Crippen LogP contribution in [0.5, 0.6) is 0 Å². The van der Waals surface area contributed by atoms with Crippen molar-refractivity contribution in [3.8, 4) is 0 Å². The number of hydroxylamine groups is 1. The standard InChI is InChI=1S/C27H36Cl2N2.C17H12F5NO2.Ru/c1-17(2)21-11-9-12-22(18(3)4)25(21)30-15-27(28,29)31(16-30)26-23(19(5)6)13-10-14-24(26)20(7)8;1-8(2)25-23(10-7-5-4-6-9(10)3)17(24)11-12(18)14(20)16(22)15(21)13(11)19;/h9-14,17-20H,15H2,1-8H3;3-8H,1-2H3;. The average Bonchev–Trinajstić information content (AvgIpc) is 3.42. The predicted molar refractivity (Wildman–Crippen MR) is 219 cm³/mol. The topological polar surface area (TPSA) is 36.0 Å². The number of hydrogen-bond acceptors (Lipinski definition) is 4. The van der Waals surface area contributed by atoms with Gasteiger partial charge in [0.2, 0.25) is 0 Å². The maximum atomic E-state index is 15.1. The van der Waals surface area contributed by atoms with E-state index in [9.17, 15) is 18.0 Å². The molecule has 1 amide bonds. The Labute approximate surface area is 349 Å². The van der Waals surface area contributed by atoms with Gasteiger partial charge in [-0.2, -0.15) is 0 Å². The van der Waals surface area contributed by atoms with Gasteiger partial charge in [-0.15, -0.1) is 0 Å². The van der Waals surface area contributed by atoms with Crippen molar-refractivity contribution >= 4 is 55.1 Å². The summed E-state index contributed by atoms with van der Waals surface area (Å²) in [5.41, 5.74) is 5.03. The van der Waals surface area contributed by atoms with Crippen LogP contribution < -0.4 is 14.9 Å². The van der Waals surface area contributed by atoms with Gasteiger partial charge in [0.25, 0.3) is 0 Å². The summed E-state index contributed by atoms with van der Waals surface area (Å²) in [7, 11) is 0. The van der Waals surface area contributed by atoms with Gasteiger partial charge < -0.3 is 0 Å². The number of para-hydroxylation sites is 3. The number of anilines is 3. The number of nitrogens with zero attached hydrogens (tertiary/aromatic N) is 3. The molecule has 0 saturated carbocycles. The van der Waals surface area contributed by atoms with Gasteiger partial charge in [0.15, 0.2) is 0 Å². The minimum absolute atomic E-state index is 0.0325. The van der Waals surface area contributed by atoms with Crippen LogP contribution in [-0.4, -0.2) is 32.0 Å². The van der Waals surface area contributed by atoms with Crippen LogP contribution in [0.2, 0.25) is 0 Å². The Balaban J connectivity index is 1.86. The van der Waals surface area contributed by atoms with E-state index in [0.29, 0.717) is 10.6 Å². The van der Waals surface area contributed by atoms with Crippen molar-refractivity contribution in [2.75, 3.05) is 21.4 Å². The SMILES string of the molecule is CC(C)ON(C(=O)c1c(F)c(F)c(F)c(F)c1F)c1ccccc1[CH]=[Ru]=[C]1N(c2c(C(C)C)cccc2C(C)C)CC(Cl)(Cl)N1c1c(C(C)C)cccc1C(C)C. The molecule has 0 atom stereocenters. The zero-order chi connectivity index (χ0) is 42.3. The van der Waals surface area contributed by atoms with Gasteiger partial charge >= 0.3 is 351 Å². The monoisotopic (exact) mass is 917 g/mol. The molecule has 0 bridgehead atoms. The van der Waals surface area contributed by atoms with Crippen LogP contribution >= 0.6 is 23.2 Å². The van der Waals surface area contributed by atoms with Gasteiger partial charge in [-0.1, -0.05) is 0 Å². The molecule has 308 valence electrons. The summed E-state index contributed by atoms with van der Waals surface area (Å²) in [4.78, 5) is 23.9. The quantitative estimate of drug-likeness (QED) is 0.0286. The summed E-state index contributed by atoms with van der Waals surface area (Å²) in [6.45, 7) is 20.4. The first-order valence-corrected chi connectivity index (χ1v) is 21.5. The first-order chi connectivity index (χ1) is 26.7. The first-order valence-electron chi connectivity index (χ1n) is 18.8. The summed E-state index contributed by atoms with van der Waals surface area (Å²) in [6.07, 6.45) is -0.747. The molecule has 13 heteroatoms. The Hall–Kier alpha value is -3.50. The number of rotatable bonds is 11. The van der Waals surface area contributed by atoms with Crippen LogP contribution in [0.4, 0.5) is 39.0 Å². The Bertz CT molecular complexity index is 2160. The average molecular weight is 918 g/mol. The molecule has 0 unspecified atom stereocenters. The normalized spacial score (nSPS) is 14.3. The molecular formula is C44H48Cl2F5N3O2Ru. The molecule has 0 radical (unpaired) electrons. The van der Waals surface area contributed by atoms with Crippen molar-refractivity contribution in [2.24, 2.45) is 0 Å². The van der Waals surface area contributed by atoms with E-state index in [0.717, 1.165) is 38.0 Å². The Kier molecular flexibility index (Phi) is 13.9. The van der Waals surface area contributed by atoms with Gasteiger partial charge in [0.05, 0.1) is 0 Å². The van der Waals surface area contributed by atoms with E-state index in [2.05, 4.69) is 90.6 Å². The number of hydrogen-bond donors (Lipinski definition) is 0. The second kappa shape index (κ2) is 17.8. The molecule has 0 spiro atoms. The Morgan fingerprint density at radius 1 is 0.684 bits per heavy atom. The van der Waals surface area contributed by atoms with E-state index in [1.807, 2.05) is 15.6 Å². The van der Waals surface area contributed by atoms with E-state index in [4.69, 9.17) is 28.0 Å². The Morgan fingerprint density at radius 3 is 1.58 bits per heavy atom. The fourth-order valence-corrected chi connectivity index (χ4v) is 9.93. The second-order valence-electron chi connectivity index (χ2n) is 15.5. The van der Waals surface area contributed by atoms with Crippen molar-refractivity contribution in [1.82, 2.24) is 0 Å². The third kappa shape index (κ3) is 8.78. The van der Waals surface area contributed by atoms with E-state index in [1.54, 1.807) is 32.0 Å². The van der Waals surface area contributed by atoms with Crippen LogP contribution in [0.15, 0.2) is 60.7 Å². The molecule has 57 heavy (non-hydrogen) atoms. The number of carbonyl (C=O) groups excluding carboxylic acids is 1. The molecule has 1 aliphatic heterocycles. The van der Waals surface area contributed by atoms with Crippen LogP contribution in [0.1, 0.15) is 131 Å². The zero-order valence-corrected chi connectivity index (χ0v) is 36.9. The van der Waals surface area contributed by atoms with Crippen molar-refractivity contribution in [2.45, 2.75) is 103 Å². The molecule has 0 aromatic heterocycles. The number of amides is 1. The van der Waals surface area contributed by atoms with Gasteiger partial charge in [-0.25, -0.2) is 0 Å². The van der Waals surface area contributed by atoms with E-state index < -0.39 is 67.3 Å². The summed E-state index contributed by atoms with van der Waals surface area (Å²) >= 11 is 14.0. The molecule has 1 heterocycles. The van der Waals surface area contributed by atoms with Crippen LogP contribution in [0, 0.1) is 29.1 Å². The molecule has 4 aromatic carbocycles. The molecule has 4 aromatic rings. The van der Waals surface area contributed by atoms with Crippen LogP contribution in [-0.2, 0) is 21.1 Å². The molecule has 0 N–H and O–H groups in total. The predicted octanol–water partition coefficient (Wildman–Crippen LogP) is 12.3. The second-order valence-corrected chi connectivity index (χ2v) is 18.7. The van der Waals surface area contributed by atoms with Crippen molar-refractivity contribution in [3.63, 3.8) is 0 Å². The number of benzene rings is 4. The van der Waals surface area contributed by atoms with Crippen molar-refractivity contribution in [3.05, 3.63) is 123 Å². The summed E-state index contributed by atoms with van der Waals surface area (Å²) in [5, 5.41) is 0.591. The summed E-state index contributed by atoms with van der Waals surface area (Å²) in [6, 6.07) is 18.9. The third-order valence-corrected chi connectivity index (χ3v) is 12.3. The molecule has 1 fully saturated rings. The molecule has 1 saturated heterocycles. The third-order valence-electron chi connectivity index (χ3n) is 9.58. The fraction of sp³-hybridized carbons (Fsp3) is 0.386. The van der Waals surface area contributed by atoms with Crippen molar-refractivity contribution < 1.29 is 47.8 Å². The van der Waals surface area contributed by atoms with Gasteiger partial charge in [0, 0.05) is 0 Å². The van der Waals surface area contributed by atoms with Crippen LogP contribution in [0.3, 0.4) is 0 Å². The molecule has 5 rings (SSSR count). The number of alkyl halides is 2. The van der Waals surface area contributed by atoms with E-state index in [-0.39, 0.29) is 35.9 Å². The number of halogens is 7. The number of carbonyl (C=O) groups is 1. The van der Waals surface area contributed by atoms with Crippen LogP contribution in [0.25, 0.3) is 0 Å². The fourth-order valence-electron chi connectivity index (χ4n) is 6.87. The maximum absolute atomic E-state index is 15.1. The molecule has 1 aliphatic rings. The van der Waals surface area contributed by atoms with E-state index >= 15 is 8.78 Å². The summed E-state index contributed by atoms with van der Waals surface area (Å²) < 4.78 is 74.2. The van der Waals surface area contributed by atoms with Gasteiger partial charge in [-0.05, 0) is 0 Å². The van der Waals surface area contributed by atoms with Gasteiger partial charge in [-0.3, -0.25) is 0 Å². The zero-order valence-electron chi connectivity index (χ0n) is 33.6. The molecular weight excluding hydrogens is 869 g/mol. The van der Waals surface area contributed by atoms with Gasteiger partial charge in [0.1, 0.15) is 0 Å². The van der Waals surface area contributed by atoms with E-state index in [1.165, 1.54) is 6.07 Å². The first kappa shape index (κ1) is 44.6.